The molecule has 4 heteroatoms. The Bertz CT molecular complexity index is 434. The van der Waals surface area contributed by atoms with Crippen LogP contribution >= 0.6 is 46.4 Å². The van der Waals surface area contributed by atoms with Crippen LogP contribution in [0.15, 0.2) is 60.7 Å². The first kappa shape index (κ1) is 15.7. The second-order valence-corrected chi connectivity index (χ2v) is 6.03. The van der Waals surface area contributed by atoms with Gasteiger partial charge in [-0.25, -0.2) is 0 Å². The van der Waals surface area contributed by atoms with Crippen molar-refractivity contribution in [3.05, 3.63) is 71.8 Å². The Morgan fingerprint density at radius 1 is 0.722 bits per heavy atom. The van der Waals surface area contributed by atoms with Gasteiger partial charge in [-0.05, 0) is 5.56 Å². The van der Waals surface area contributed by atoms with E-state index in [9.17, 15) is 0 Å². The lowest BCUT2D eigenvalue weighted by molar-refractivity contribution is 1.24. The zero-order valence-electron chi connectivity index (χ0n) is 9.49. The van der Waals surface area contributed by atoms with E-state index in [0.717, 1.165) is 0 Å². The Labute approximate surface area is 127 Å². The topological polar surface area (TPSA) is 0 Å². The second kappa shape index (κ2) is 7.91. The molecule has 0 amide bonds. The third kappa shape index (κ3) is 5.97. The molecule has 0 aromatic heterocycles. The number of rotatable bonds is 1. The van der Waals surface area contributed by atoms with Crippen molar-refractivity contribution in [2.45, 2.75) is 9.67 Å². The van der Waals surface area contributed by atoms with Gasteiger partial charge in [0.1, 0.15) is 0 Å². The van der Waals surface area contributed by atoms with Crippen molar-refractivity contribution in [1.82, 2.24) is 0 Å². The molecule has 0 nitrogen and oxygen atoms in total. The van der Waals surface area contributed by atoms with Crippen LogP contribution in [0.4, 0.5) is 0 Å². The maximum absolute atomic E-state index is 5.59. The molecule has 0 atom stereocenters. The lowest BCUT2D eigenvalue weighted by Gasteiger charge is -2.09. The van der Waals surface area contributed by atoms with E-state index in [1.165, 1.54) is 5.56 Å². The molecule has 0 fully saturated rings. The molecule has 0 saturated carbocycles. The molecule has 0 aliphatic heterocycles. The summed E-state index contributed by atoms with van der Waals surface area (Å²) in [6.45, 7) is 0. The number of benzene rings is 2. The van der Waals surface area contributed by atoms with Gasteiger partial charge in [-0.1, -0.05) is 95.5 Å². The van der Waals surface area contributed by atoms with E-state index in [-0.39, 0.29) is 0 Å². The van der Waals surface area contributed by atoms with Gasteiger partial charge in [0.05, 0.1) is 0 Å². The number of alkyl halides is 4. The van der Waals surface area contributed by atoms with Gasteiger partial charge in [-0.2, -0.15) is 0 Å². The fourth-order valence-corrected chi connectivity index (χ4v) is 1.75. The molecule has 0 aliphatic rings. The van der Waals surface area contributed by atoms with Crippen molar-refractivity contribution in [1.29, 1.82) is 0 Å². The van der Waals surface area contributed by atoms with Crippen LogP contribution in [0.5, 0.6) is 0 Å². The lowest BCUT2D eigenvalue weighted by Crippen LogP contribution is -1.98. The summed E-state index contributed by atoms with van der Waals surface area (Å²) in [5.41, 5.74) is 1.87. The molecule has 0 aliphatic carbocycles. The number of halogens is 4. The fourth-order valence-electron chi connectivity index (χ4n) is 1.19. The molecule has 18 heavy (non-hydrogen) atoms. The second-order valence-electron chi connectivity index (χ2n) is 3.48. The molecule has 0 radical (unpaired) electrons. The van der Waals surface area contributed by atoms with Gasteiger partial charge in [0, 0.05) is 11.4 Å². The van der Waals surface area contributed by atoms with E-state index >= 15 is 0 Å². The highest BCUT2D eigenvalue weighted by Gasteiger charge is 2.21. The summed E-state index contributed by atoms with van der Waals surface area (Å²) in [7, 11) is 0. The van der Waals surface area contributed by atoms with Crippen molar-refractivity contribution in [2.24, 2.45) is 0 Å². The monoisotopic (exact) mass is 320 g/mol. The largest absolute Gasteiger partial charge is 0.216 e. The van der Waals surface area contributed by atoms with Crippen LogP contribution in [-0.4, -0.2) is 0 Å². The Morgan fingerprint density at radius 2 is 1.17 bits per heavy atom. The molecule has 0 heterocycles. The SMILES string of the molecule is ClC(Cl)(Cl)c1ccccc1.ClCc1ccccc1. The van der Waals surface area contributed by atoms with Crippen molar-refractivity contribution in [2.75, 3.05) is 0 Å². The summed E-state index contributed by atoms with van der Waals surface area (Å²) in [6.07, 6.45) is 0. The van der Waals surface area contributed by atoms with Gasteiger partial charge in [-0.15, -0.1) is 11.6 Å². The van der Waals surface area contributed by atoms with E-state index < -0.39 is 3.79 Å². The Hall–Kier alpha value is -0.400. The van der Waals surface area contributed by atoms with Gasteiger partial charge >= 0.3 is 0 Å². The third-order valence-corrected chi connectivity index (χ3v) is 3.06. The summed E-state index contributed by atoms with van der Waals surface area (Å²) < 4.78 is -1.29. The number of hydrogen-bond donors (Lipinski definition) is 0. The molecule has 2 rings (SSSR count). The first-order valence-electron chi connectivity index (χ1n) is 5.26. The molecule has 0 spiro atoms. The molecule has 0 N–H and O–H groups in total. The first-order chi connectivity index (χ1) is 8.54. The summed E-state index contributed by atoms with van der Waals surface area (Å²) in [5.74, 6) is 0.612. The Kier molecular flexibility index (Phi) is 6.88. The highest BCUT2D eigenvalue weighted by atomic mass is 35.6. The quantitative estimate of drug-likeness (QED) is 0.570. The van der Waals surface area contributed by atoms with Crippen LogP contribution in [0.25, 0.3) is 0 Å². The van der Waals surface area contributed by atoms with Crippen molar-refractivity contribution >= 4 is 46.4 Å². The minimum atomic E-state index is -1.29. The minimum absolute atomic E-state index is 0.612. The predicted molar refractivity (Wildman–Crippen MR) is 81.7 cm³/mol. The predicted octanol–water partition coefficient (Wildman–Crippen LogP) is 5.94. The first-order valence-corrected chi connectivity index (χ1v) is 6.93. The van der Waals surface area contributed by atoms with Crippen LogP contribution in [0.2, 0.25) is 0 Å². The van der Waals surface area contributed by atoms with Crippen LogP contribution in [0, 0.1) is 0 Å². The molecule has 0 saturated heterocycles. The zero-order chi connectivity index (χ0) is 13.4. The highest BCUT2D eigenvalue weighted by molar-refractivity contribution is 6.66. The van der Waals surface area contributed by atoms with Gasteiger partial charge in [0.15, 0.2) is 0 Å². The maximum Gasteiger partial charge on any atom is 0.216 e. The minimum Gasteiger partial charge on any atom is -0.122 e. The van der Waals surface area contributed by atoms with Gasteiger partial charge in [0.2, 0.25) is 3.79 Å². The normalized spacial score (nSPS) is 10.4. The van der Waals surface area contributed by atoms with Crippen molar-refractivity contribution < 1.29 is 0 Å². The van der Waals surface area contributed by atoms with Crippen molar-refractivity contribution in [3.63, 3.8) is 0 Å². The van der Waals surface area contributed by atoms with E-state index in [2.05, 4.69) is 0 Å². The average molecular weight is 322 g/mol. The Morgan fingerprint density at radius 3 is 1.44 bits per heavy atom. The van der Waals surface area contributed by atoms with Crippen LogP contribution in [0.1, 0.15) is 11.1 Å². The molecule has 2 aromatic carbocycles. The smallest absolute Gasteiger partial charge is 0.122 e. The maximum atomic E-state index is 5.59. The molecular formula is C14H12Cl4. The highest BCUT2D eigenvalue weighted by Crippen LogP contribution is 2.37. The van der Waals surface area contributed by atoms with Crippen LogP contribution in [0.3, 0.4) is 0 Å². The lowest BCUT2D eigenvalue weighted by atomic mass is 10.2. The van der Waals surface area contributed by atoms with Crippen LogP contribution in [-0.2, 0) is 9.67 Å². The summed E-state index contributed by atoms with van der Waals surface area (Å²) in [5, 5.41) is 0. The van der Waals surface area contributed by atoms with Gasteiger partial charge in [0.25, 0.3) is 0 Å². The Balaban J connectivity index is 0.000000184. The zero-order valence-corrected chi connectivity index (χ0v) is 12.5. The fraction of sp³-hybridized carbons (Fsp3) is 0.143. The molecular weight excluding hydrogens is 310 g/mol. The van der Waals surface area contributed by atoms with E-state index in [0.29, 0.717) is 11.4 Å². The van der Waals surface area contributed by atoms with Gasteiger partial charge < -0.3 is 0 Å². The number of hydrogen-bond acceptors (Lipinski definition) is 0. The molecule has 0 bridgehead atoms. The van der Waals surface area contributed by atoms with Crippen LogP contribution < -0.4 is 0 Å². The third-order valence-electron chi connectivity index (χ3n) is 2.10. The summed E-state index contributed by atoms with van der Waals surface area (Å²) in [6, 6.07) is 19.0. The van der Waals surface area contributed by atoms with Gasteiger partial charge in [-0.3, -0.25) is 0 Å². The molecule has 96 valence electrons. The van der Waals surface area contributed by atoms with Crippen molar-refractivity contribution in [3.8, 4) is 0 Å². The molecule has 2 aromatic rings. The standard InChI is InChI=1S/C7H5Cl3.C7H7Cl/c8-7(9,10)6-4-2-1-3-5-6;8-6-7-4-2-1-3-5-7/h1-5H;1-5H,6H2. The summed E-state index contributed by atoms with van der Waals surface area (Å²) >= 11 is 22.3. The molecule has 0 unspecified atom stereocenters. The van der Waals surface area contributed by atoms with E-state index in [1.54, 1.807) is 12.1 Å². The van der Waals surface area contributed by atoms with E-state index in [1.807, 2.05) is 48.5 Å². The van der Waals surface area contributed by atoms with E-state index in [4.69, 9.17) is 46.4 Å². The summed E-state index contributed by atoms with van der Waals surface area (Å²) in [4.78, 5) is 0. The average Bonchev–Trinajstić information content (AvgIpc) is 2.40.